The van der Waals surface area contributed by atoms with Crippen LogP contribution in [0.3, 0.4) is 0 Å². The lowest BCUT2D eigenvalue weighted by atomic mass is 9.88. The number of hydrogen-bond donors (Lipinski definition) is 0. The van der Waals surface area contributed by atoms with Crippen LogP contribution in [0.4, 0.5) is 0 Å². The summed E-state index contributed by atoms with van der Waals surface area (Å²) in [6.07, 6.45) is 2.83. The molecule has 5 heteroatoms. The van der Waals surface area contributed by atoms with Crippen LogP contribution < -0.4 is 0 Å². The van der Waals surface area contributed by atoms with Crippen LogP contribution in [-0.4, -0.2) is 22.4 Å². The van der Waals surface area contributed by atoms with Crippen molar-refractivity contribution in [3.8, 4) is 0 Å². The van der Waals surface area contributed by atoms with Crippen molar-refractivity contribution in [2.75, 3.05) is 6.61 Å². The molecule has 0 aliphatic rings. The quantitative estimate of drug-likeness (QED) is 0.616. The first-order valence-electron chi connectivity index (χ1n) is 6.59. The van der Waals surface area contributed by atoms with Crippen LogP contribution in [0.5, 0.6) is 0 Å². The third-order valence-electron chi connectivity index (χ3n) is 2.81. The lowest BCUT2D eigenvalue weighted by Crippen LogP contribution is -2.15. The van der Waals surface area contributed by atoms with Crippen LogP contribution in [0.2, 0.25) is 0 Å². The van der Waals surface area contributed by atoms with Crippen LogP contribution in [0, 0.1) is 0 Å². The molecule has 0 aromatic carbocycles. The molecule has 0 spiro atoms. The van der Waals surface area contributed by atoms with Crippen molar-refractivity contribution in [2.45, 2.75) is 51.3 Å². The third kappa shape index (κ3) is 4.53. The smallest absolute Gasteiger partial charge is 0.305 e. The van der Waals surface area contributed by atoms with E-state index in [1.165, 1.54) is 0 Å². The normalized spacial score (nSPS) is 13.4. The number of esters is 1. The van der Waals surface area contributed by atoms with Crippen molar-refractivity contribution < 1.29 is 9.53 Å². The zero-order valence-corrected chi connectivity index (χ0v) is 13.1. The van der Waals surface area contributed by atoms with E-state index in [9.17, 15) is 4.79 Å². The Hall–Kier alpha value is -1.03. The van der Waals surface area contributed by atoms with E-state index >= 15 is 0 Å². The first-order valence-corrected chi connectivity index (χ1v) is 7.03. The maximum Gasteiger partial charge on any atom is 0.305 e. The van der Waals surface area contributed by atoms with E-state index in [-0.39, 0.29) is 16.8 Å². The highest BCUT2D eigenvalue weighted by Gasteiger charge is 2.26. The molecular formula is C14H23ClN2O2. The number of nitrogens with zero attached hydrogens (tertiary/aromatic N) is 2. The highest BCUT2D eigenvalue weighted by Crippen LogP contribution is 2.34. The minimum Gasteiger partial charge on any atom is -0.466 e. The van der Waals surface area contributed by atoms with Gasteiger partial charge in [-0.3, -0.25) is 9.48 Å². The van der Waals surface area contributed by atoms with Gasteiger partial charge in [0.2, 0.25) is 0 Å². The Morgan fingerprint density at radius 3 is 2.68 bits per heavy atom. The number of ether oxygens (including phenoxy) is 1. The first kappa shape index (κ1) is 16.0. The molecule has 0 bridgehead atoms. The largest absolute Gasteiger partial charge is 0.466 e. The molecule has 1 aromatic heterocycles. The molecule has 1 aromatic rings. The van der Waals surface area contributed by atoms with Crippen molar-refractivity contribution in [1.82, 2.24) is 9.78 Å². The van der Waals surface area contributed by atoms with Crippen LogP contribution in [0.25, 0.3) is 0 Å². The molecule has 19 heavy (non-hydrogen) atoms. The standard InChI is InChI=1S/C14H23ClN2O2/c1-6-19-12(18)8-7-11(15)10-9-17(5)16-13(10)14(2,3)4/h9,11H,6-8H2,1-5H3. The molecule has 1 unspecified atom stereocenters. The maximum absolute atomic E-state index is 11.4. The van der Waals surface area contributed by atoms with Gasteiger partial charge in [0.25, 0.3) is 0 Å². The fourth-order valence-electron chi connectivity index (χ4n) is 1.95. The highest BCUT2D eigenvalue weighted by atomic mass is 35.5. The van der Waals surface area contributed by atoms with Crippen LogP contribution in [-0.2, 0) is 22.0 Å². The van der Waals surface area contributed by atoms with Gasteiger partial charge in [-0.1, -0.05) is 20.8 Å². The topological polar surface area (TPSA) is 44.1 Å². The summed E-state index contributed by atoms with van der Waals surface area (Å²) >= 11 is 6.41. The van der Waals surface area contributed by atoms with E-state index in [1.54, 1.807) is 11.6 Å². The molecule has 1 rings (SSSR count). The molecule has 1 atom stereocenters. The zero-order chi connectivity index (χ0) is 14.6. The van der Waals surface area contributed by atoms with E-state index in [4.69, 9.17) is 16.3 Å². The van der Waals surface area contributed by atoms with Gasteiger partial charge in [-0.25, -0.2) is 0 Å². The van der Waals surface area contributed by atoms with Crippen molar-refractivity contribution >= 4 is 17.6 Å². The van der Waals surface area contributed by atoms with Gasteiger partial charge in [-0.2, -0.15) is 5.10 Å². The van der Waals surface area contributed by atoms with Crippen LogP contribution in [0.1, 0.15) is 57.2 Å². The average molecular weight is 287 g/mol. The van der Waals surface area contributed by atoms with Crippen molar-refractivity contribution in [3.05, 3.63) is 17.5 Å². The summed E-state index contributed by atoms with van der Waals surface area (Å²) in [6.45, 7) is 8.52. The third-order valence-corrected chi connectivity index (χ3v) is 3.27. The first-order chi connectivity index (χ1) is 8.75. The summed E-state index contributed by atoms with van der Waals surface area (Å²) in [5, 5.41) is 4.27. The monoisotopic (exact) mass is 286 g/mol. The Morgan fingerprint density at radius 2 is 2.16 bits per heavy atom. The van der Waals surface area contributed by atoms with E-state index in [1.807, 2.05) is 13.2 Å². The summed E-state index contributed by atoms with van der Waals surface area (Å²) in [6, 6.07) is 0. The van der Waals surface area contributed by atoms with Crippen molar-refractivity contribution in [2.24, 2.45) is 7.05 Å². The Kier molecular flexibility index (Phi) is 5.41. The van der Waals surface area contributed by atoms with Gasteiger partial charge in [0.1, 0.15) is 0 Å². The maximum atomic E-state index is 11.4. The molecule has 1 heterocycles. The number of carbonyl (C=O) groups excluding carboxylic acids is 1. The molecular weight excluding hydrogens is 264 g/mol. The zero-order valence-electron chi connectivity index (χ0n) is 12.4. The summed E-state index contributed by atoms with van der Waals surface area (Å²) in [4.78, 5) is 11.4. The molecule has 0 saturated heterocycles. The summed E-state index contributed by atoms with van der Waals surface area (Å²) in [7, 11) is 1.88. The average Bonchev–Trinajstić information content (AvgIpc) is 2.68. The highest BCUT2D eigenvalue weighted by molar-refractivity contribution is 6.21. The number of halogens is 1. The number of alkyl halides is 1. The SMILES string of the molecule is CCOC(=O)CCC(Cl)c1cn(C)nc1C(C)(C)C. The molecule has 4 nitrogen and oxygen atoms in total. The molecule has 0 N–H and O–H groups in total. The summed E-state index contributed by atoms with van der Waals surface area (Å²) in [5.74, 6) is -0.200. The van der Waals surface area contributed by atoms with Gasteiger partial charge in [0.05, 0.1) is 17.7 Å². The van der Waals surface area contributed by atoms with E-state index in [0.717, 1.165) is 11.3 Å². The van der Waals surface area contributed by atoms with Crippen LogP contribution in [0.15, 0.2) is 6.20 Å². The second-order valence-electron chi connectivity index (χ2n) is 5.67. The lowest BCUT2D eigenvalue weighted by Gasteiger charge is -2.19. The van der Waals surface area contributed by atoms with Crippen molar-refractivity contribution in [3.63, 3.8) is 0 Å². The minimum absolute atomic E-state index is 0.0618. The molecule has 0 aliphatic heterocycles. The van der Waals surface area contributed by atoms with Gasteiger partial charge >= 0.3 is 5.97 Å². The minimum atomic E-state index is -0.215. The number of carbonyl (C=O) groups is 1. The summed E-state index contributed by atoms with van der Waals surface area (Å²) in [5.41, 5.74) is 1.92. The van der Waals surface area contributed by atoms with E-state index in [0.29, 0.717) is 19.4 Å². The number of aromatic nitrogens is 2. The van der Waals surface area contributed by atoms with Crippen LogP contribution >= 0.6 is 11.6 Å². The fraction of sp³-hybridized carbons (Fsp3) is 0.714. The van der Waals surface area contributed by atoms with Crippen molar-refractivity contribution in [1.29, 1.82) is 0 Å². The molecule has 0 radical (unpaired) electrons. The number of rotatable bonds is 5. The number of aryl methyl sites for hydroxylation is 1. The van der Waals surface area contributed by atoms with Gasteiger partial charge in [0, 0.05) is 30.6 Å². The molecule has 0 amide bonds. The Bertz CT molecular complexity index is 435. The van der Waals surface area contributed by atoms with Gasteiger partial charge in [-0.05, 0) is 13.3 Å². The lowest BCUT2D eigenvalue weighted by molar-refractivity contribution is -0.143. The molecule has 108 valence electrons. The molecule has 0 saturated carbocycles. The molecule has 0 aliphatic carbocycles. The number of hydrogen-bond acceptors (Lipinski definition) is 3. The van der Waals surface area contributed by atoms with Gasteiger partial charge in [0.15, 0.2) is 0 Å². The summed E-state index contributed by atoms with van der Waals surface area (Å²) < 4.78 is 6.69. The van der Waals surface area contributed by atoms with Gasteiger partial charge in [-0.15, -0.1) is 11.6 Å². The van der Waals surface area contributed by atoms with E-state index in [2.05, 4.69) is 25.9 Å². The second-order valence-corrected chi connectivity index (χ2v) is 6.19. The Morgan fingerprint density at radius 1 is 1.53 bits per heavy atom. The predicted molar refractivity (Wildman–Crippen MR) is 76.4 cm³/mol. The Labute approximate surface area is 120 Å². The molecule has 0 fully saturated rings. The second kappa shape index (κ2) is 6.42. The predicted octanol–water partition coefficient (Wildman–Crippen LogP) is 3.34. The van der Waals surface area contributed by atoms with Gasteiger partial charge < -0.3 is 4.74 Å². The van der Waals surface area contributed by atoms with E-state index < -0.39 is 0 Å². The fourth-order valence-corrected chi connectivity index (χ4v) is 2.22. The Balaban J connectivity index is 2.77.